The summed E-state index contributed by atoms with van der Waals surface area (Å²) in [4.78, 5) is 10.4. The van der Waals surface area contributed by atoms with Crippen LogP contribution in [0.4, 0.5) is 65.9 Å². The lowest BCUT2D eigenvalue weighted by Gasteiger charge is -2.38. The Hall–Kier alpha value is -1.47. The highest BCUT2D eigenvalue weighted by molar-refractivity contribution is 7.87. The van der Waals surface area contributed by atoms with Gasteiger partial charge in [0, 0.05) is 0 Å². The molecule has 0 bridgehead atoms. The van der Waals surface area contributed by atoms with Gasteiger partial charge in [-0.2, -0.15) is 74.3 Å². The Morgan fingerprint density at radius 2 is 0.893 bits per heavy atom. The van der Waals surface area contributed by atoms with Crippen LogP contribution in [0, 0.1) is 0 Å². The molecule has 0 aromatic rings. The SMILES string of the molecule is O=C(C(F)(F)C(F)(F)F)C(F)(F)C(F)(F)C(F)(F)C(F)(F)C(F)(F)S(=O)(=O)O. The van der Waals surface area contributed by atoms with E-state index in [2.05, 4.69) is 0 Å². The number of ketones is 1. The second-order valence-electron chi connectivity index (χ2n) is 4.69. The zero-order valence-electron chi connectivity index (χ0n) is 11.7. The predicted octanol–water partition coefficient (Wildman–Crippen LogP) is 3.77. The van der Waals surface area contributed by atoms with E-state index in [1.54, 1.807) is 0 Å². The number of halogens is 15. The summed E-state index contributed by atoms with van der Waals surface area (Å²) < 4.78 is 217. The maximum Gasteiger partial charge on any atom is 0.461 e. The minimum absolute atomic E-state index is 5.44. The van der Waals surface area contributed by atoms with Crippen molar-refractivity contribution in [3.63, 3.8) is 0 Å². The molecule has 0 spiro atoms. The average molecular weight is 478 g/mol. The van der Waals surface area contributed by atoms with Gasteiger partial charge < -0.3 is 0 Å². The second-order valence-corrected chi connectivity index (χ2v) is 6.15. The van der Waals surface area contributed by atoms with E-state index in [1.807, 2.05) is 0 Å². The quantitative estimate of drug-likeness (QED) is 0.447. The molecule has 0 unspecified atom stereocenters. The van der Waals surface area contributed by atoms with Gasteiger partial charge in [-0.05, 0) is 0 Å². The van der Waals surface area contributed by atoms with Crippen molar-refractivity contribution in [2.75, 3.05) is 0 Å². The zero-order chi connectivity index (χ0) is 23.6. The molecule has 28 heavy (non-hydrogen) atoms. The number of alkyl halides is 15. The first-order valence-electron chi connectivity index (χ1n) is 5.51. The second kappa shape index (κ2) is 6.26. The lowest BCUT2D eigenvalue weighted by atomic mass is 9.93. The van der Waals surface area contributed by atoms with Crippen molar-refractivity contribution < 1.29 is 83.6 Å². The van der Waals surface area contributed by atoms with Crippen LogP contribution in [0.2, 0.25) is 0 Å². The molecule has 1 N–H and O–H groups in total. The summed E-state index contributed by atoms with van der Waals surface area (Å²) in [7, 11) is -7.78. The van der Waals surface area contributed by atoms with Crippen molar-refractivity contribution in [1.29, 1.82) is 0 Å². The summed E-state index contributed by atoms with van der Waals surface area (Å²) in [6, 6.07) is 0. The van der Waals surface area contributed by atoms with Crippen LogP contribution in [-0.2, 0) is 14.9 Å². The third-order valence-electron chi connectivity index (χ3n) is 2.80. The molecule has 0 rings (SSSR count). The van der Waals surface area contributed by atoms with Crippen LogP contribution in [0.5, 0.6) is 0 Å². The molecule has 0 aliphatic rings. The fourth-order valence-electron chi connectivity index (χ4n) is 1.21. The molecule has 0 heterocycles. The van der Waals surface area contributed by atoms with Gasteiger partial charge in [-0.3, -0.25) is 9.35 Å². The van der Waals surface area contributed by atoms with Gasteiger partial charge in [0.05, 0.1) is 0 Å². The first-order valence-corrected chi connectivity index (χ1v) is 6.95. The minimum Gasteiger partial charge on any atom is -0.285 e. The molecule has 0 saturated carbocycles. The molecule has 20 heteroatoms. The van der Waals surface area contributed by atoms with Crippen LogP contribution in [0.25, 0.3) is 0 Å². The van der Waals surface area contributed by atoms with Gasteiger partial charge in [-0.1, -0.05) is 0 Å². The van der Waals surface area contributed by atoms with E-state index >= 15 is 0 Å². The maximum atomic E-state index is 13.1. The fourth-order valence-corrected chi connectivity index (χ4v) is 1.66. The smallest absolute Gasteiger partial charge is 0.285 e. The normalized spacial score (nSPS) is 16.3. The Morgan fingerprint density at radius 1 is 0.571 bits per heavy atom. The standard InChI is InChI=1S/C8HF15O4S/c9-2(10,1(24)3(11,12)7(19,20)21)4(13,14)5(15,16)6(17,18)8(22,23)28(25,26)27/h(H,25,26,27). The molecular formula is C8HF15O4S. The molecule has 0 aromatic carbocycles. The lowest BCUT2D eigenvalue weighted by Crippen LogP contribution is -2.71. The van der Waals surface area contributed by atoms with Crippen molar-refractivity contribution in [3.05, 3.63) is 0 Å². The Kier molecular flexibility index (Phi) is 5.93. The molecule has 0 aliphatic carbocycles. The number of carbonyl (C=O) groups is 1. The van der Waals surface area contributed by atoms with Gasteiger partial charge in [-0.25, -0.2) is 0 Å². The average Bonchev–Trinajstić information content (AvgIpc) is 2.42. The molecule has 0 amide bonds. The van der Waals surface area contributed by atoms with Crippen LogP contribution in [0.15, 0.2) is 0 Å². The van der Waals surface area contributed by atoms with Gasteiger partial charge in [0.25, 0.3) is 5.78 Å². The summed E-state index contributed by atoms with van der Waals surface area (Å²) >= 11 is 0. The molecule has 0 fully saturated rings. The molecule has 0 atom stereocenters. The number of carbonyl (C=O) groups excluding carboxylic acids is 1. The zero-order valence-corrected chi connectivity index (χ0v) is 12.6. The fraction of sp³-hybridized carbons (Fsp3) is 0.875. The highest BCUT2D eigenvalue weighted by Crippen LogP contribution is 2.59. The first-order chi connectivity index (χ1) is 11.7. The van der Waals surface area contributed by atoms with Crippen molar-refractivity contribution in [2.45, 2.75) is 41.0 Å². The Bertz CT molecular complexity index is 734. The maximum absolute atomic E-state index is 13.1. The van der Waals surface area contributed by atoms with Crippen molar-refractivity contribution in [3.8, 4) is 0 Å². The van der Waals surface area contributed by atoms with Crippen LogP contribution in [0.1, 0.15) is 0 Å². The highest BCUT2D eigenvalue weighted by atomic mass is 32.2. The van der Waals surface area contributed by atoms with Crippen molar-refractivity contribution in [2.24, 2.45) is 0 Å². The van der Waals surface area contributed by atoms with Gasteiger partial charge in [0.1, 0.15) is 0 Å². The Labute approximate surface area is 142 Å². The van der Waals surface area contributed by atoms with E-state index in [0.717, 1.165) is 0 Å². The van der Waals surface area contributed by atoms with Crippen LogP contribution >= 0.6 is 0 Å². The molecular weight excluding hydrogens is 477 g/mol. The summed E-state index contributed by atoms with van der Waals surface area (Å²) in [6.07, 6.45) is -7.44. The predicted molar refractivity (Wildman–Crippen MR) is 52.3 cm³/mol. The summed E-state index contributed by atoms with van der Waals surface area (Å²) in [5.74, 6) is -46.3. The number of hydrogen-bond acceptors (Lipinski definition) is 3. The Morgan fingerprint density at radius 3 is 1.14 bits per heavy atom. The molecule has 0 aliphatic heterocycles. The van der Waals surface area contributed by atoms with E-state index in [4.69, 9.17) is 4.55 Å². The molecule has 4 nitrogen and oxygen atoms in total. The number of Topliss-reactive ketones (excluding diaryl/α,β-unsaturated/α-hetero) is 1. The molecule has 168 valence electrons. The lowest BCUT2D eigenvalue weighted by molar-refractivity contribution is -0.386. The van der Waals surface area contributed by atoms with Crippen LogP contribution in [-0.4, -0.2) is 59.8 Å². The van der Waals surface area contributed by atoms with E-state index in [9.17, 15) is 79.1 Å². The third-order valence-corrected chi connectivity index (χ3v) is 3.70. The summed E-state index contributed by atoms with van der Waals surface area (Å²) in [6.45, 7) is 0. The van der Waals surface area contributed by atoms with Gasteiger partial charge in [0.2, 0.25) is 0 Å². The third kappa shape index (κ3) is 3.26. The number of rotatable bonds is 7. The monoisotopic (exact) mass is 478 g/mol. The van der Waals surface area contributed by atoms with Gasteiger partial charge >= 0.3 is 51.2 Å². The van der Waals surface area contributed by atoms with Crippen molar-refractivity contribution in [1.82, 2.24) is 0 Å². The van der Waals surface area contributed by atoms with Gasteiger partial charge in [-0.15, -0.1) is 0 Å². The van der Waals surface area contributed by atoms with E-state index in [0.29, 0.717) is 0 Å². The van der Waals surface area contributed by atoms with Crippen LogP contribution < -0.4 is 0 Å². The Balaban J connectivity index is 6.69. The van der Waals surface area contributed by atoms with Gasteiger partial charge in [0.15, 0.2) is 0 Å². The van der Waals surface area contributed by atoms with E-state index in [-0.39, 0.29) is 0 Å². The summed E-state index contributed by atoms with van der Waals surface area (Å²) in [5.41, 5.74) is 0. The van der Waals surface area contributed by atoms with Crippen molar-refractivity contribution >= 4 is 15.9 Å². The molecule has 0 radical (unpaired) electrons. The molecule has 0 saturated heterocycles. The highest BCUT2D eigenvalue weighted by Gasteiger charge is 2.91. The topological polar surface area (TPSA) is 71.4 Å². The minimum atomic E-state index is -8.49. The van der Waals surface area contributed by atoms with E-state index < -0.39 is 56.9 Å². The van der Waals surface area contributed by atoms with Crippen LogP contribution in [0.3, 0.4) is 0 Å². The van der Waals surface area contributed by atoms with E-state index in [1.165, 1.54) is 0 Å². The molecule has 0 aromatic heterocycles. The largest absolute Gasteiger partial charge is 0.461 e. The first kappa shape index (κ1) is 26.5. The summed E-state index contributed by atoms with van der Waals surface area (Å²) in [5, 5.41) is -7.70. The number of hydrogen-bond donors (Lipinski definition) is 1.